The van der Waals surface area contributed by atoms with Crippen LogP contribution in [0.3, 0.4) is 0 Å². The number of piperazine rings is 1. The number of phenols is 1. The molecule has 1 unspecified atom stereocenters. The molecule has 3 fully saturated rings. The predicted molar refractivity (Wildman–Crippen MR) is 282 cm³/mol. The molecule has 21 nitrogen and oxygen atoms in total. The monoisotopic (exact) mass is 1050 g/mol. The van der Waals surface area contributed by atoms with Crippen LogP contribution in [0.2, 0.25) is 0 Å². The fraction of sp³-hybridized carbons (Fsp3) is 0.509. The number of rotatable bonds is 25. The smallest absolute Gasteiger partial charge is 0.318 e. The van der Waals surface area contributed by atoms with E-state index in [1.54, 1.807) is 24.3 Å². The molecule has 4 aromatic rings. The van der Waals surface area contributed by atoms with Gasteiger partial charge in [0.05, 0.1) is 88.9 Å². The number of anilines is 3. The van der Waals surface area contributed by atoms with Gasteiger partial charge in [-0.15, -0.1) is 0 Å². The molecular formula is C55H69N9O12. The van der Waals surface area contributed by atoms with Gasteiger partial charge in [0, 0.05) is 93.7 Å². The van der Waals surface area contributed by atoms with E-state index in [-0.39, 0.29) is 47.8 Å². The van der Waals surface area contributed by atoms with Gasteiger partial charge in [0.1, 0.15) is 23.7 Å². The maximum Gasteiger partial charge on any atom is 0.318 e. The number of aromatic nitrogens is 2. The lowest BCUT2D eigenvalue weighted by molar-refractivity contribution is -0.136. The predicted octanol–water partition coefficient (Wildman–Crippen LogP) is 3.56. The third kappa shape index (κ3) is 13.3. The Morgan fingerprint density at radius 3 is 2.24 bits per heavy atom. The van der Waals surface area contributed by atoms with Gasteiger partial charge >= 0.3 is 6.01 Å². The lowest BCUT2D eigenvalue weighted by Gasteiger charge is -2.38. The molecule has 406 valence electrons. The summed E-state index contributed by atoms with van der Waals surface area (Å²) in [6.07, 6.45) is 4.06. The number of hydrogen-bond donors (Lipinski definition) is 3. The summed E-state index contributed by atoms with van der Waals surface area (Å²) in [6, 6.07) is 16.0. The number of nitrogens with one attached hydrogen (secondary N) is 2. The largest absolute Gasteiger partial charge is 0.508 e. The zero-order valence-corrected chi connectivity index (χ0v) is 43.3. The second-order valence-electron chi connectivity index (χ2n) is 19.5. The van der Waals surface area contributed by atoms with Crippen LogP contribution in [0, 0.1) is 0 Å². The molecule has 3 aromatic carbocycles. The molecule has 0 bridgehead atoms. The van der Waals surface area contributed by atoms with Crippen molar-refractivity contribution in [1.82, 2.24) is 30.0 Å². The van der Waals surface area contributed by atoms with Gasteiger partial charge in [-0.1, -0.05) is 36.9 Å². The first-order valence-corrected chi connectivity index (χ1v) is 26.5. The van der Waals surface area contributed by atoms with Crippen LogP contribution in [0.25, 0.3) is 10.8 Å². The summed E-state index contributed by atoms with van der Waals surface area (Å²) >= 11 is 0. The van der Waals surface area contributed by atoms with Crippen LogP contribution in [-0.4, -0.2) is 196 Å². The fourth-order valence-electron chi connectivity index (χ4n) is 10.5. The number of benzene rings is 3. The van der Waals surface area contributed by atoms with Crippen LogP contribution in [0.4, 0.5) is 17.2 Å². The maximum absolute atomic E-state index is 13.3. The topological polar surface area (TPSA) is 227 Å². The van der Waals surface area contributed by atoms with E-state index in [4.69, 9.17) is 38.4 Å². The van der Waals surface area contributed by atoms with Crippen molar-refractivity contribution >= 4 is 57.5 Å². The van der Waals surface area contributed by atoms with Crippen molar-refractivity contribution in [1.29, 1.82) is 0 Å². The van der Waals surface area contributed by atoms with E-state index >= 15 is 0 Å². The number of ether oxygens (including phenoxy) is 6. The highest BCUT2D eigenvalue weighted by molar-refractivity contribution is 6.25. The summed E-state index contributed by atoms with van der Waals surface area (Å²) in [4.78, 5) is 82.4. The highest BCUT2D eigenvalue weighted by Gasteiger charge is 2.45. The standard InChI is InChI=1S/C55H69N9O12/c1-3-49(67)61-20-22-62(23-21-61)51-42-15-19-63(47-34-39(65)33-38-7-4-5-8-41(38)47)36-45(42)57-55(59-51)76-37(2)35-60-17-13-40(14-18-60)75-32-31-74-30-29-73-28-27-72-26-25-71-24-16-56-44-10-6-9-43-50(44)54(70)64(53(43)69)46-11-12-48(66)58-52(46)68/h3-10,33-34,37,40,46,56,65H,1,11-32,35-36H2,2H3,(H,58,66,68)/t37-,46?/m1/s1. The molecule has 6 heterocycles. The fourth-order valence-corrected chi connectivity index (χ4v) is 10.5. The van der Waals surface area contributed by atoms with E-state index in [1.165, 1.54) is 6.08 Å². The molecule has 9 rings (SSSR count). The highest BCUT2D eigenvalue weighted by Crippen LogP contribution is 2.37. The molecule has 2 atom stereocenters. The second-order valence-corrected chi connectivity index (χ2v) is 19.5. The summed E-state index contributed by atoms with van der Waals surface area (Å²) in [7, 11) is 0. The van der Waals surface area contributed by atoms with Crippen LogP contribution in [-0.2, 0) is 51.0 Å². The van der Waals surface area contributed by atoms with Crippen molar-refractivity contribution < 1.29 is 57.5 Å². The molecule has 3 N–H and O–H groups in total. The molecule has 0 spiro atoms. The number of fused-ring (bicyclic) bond motifs is 3. The summed E-state index contributed by atoms with van der Waals surface area (Å²) in [5.74, 6) is -1.16. The van der Waals surface area contributed by atoms with Crippen LogP contribution < -0.4 is 25.2 Å². The van der Waals surface area contributed by atoms with E-state index in [9.17, 15) is 29.1 Å². The Kier molecular flexibility index (Phi) is 18.4. The lowest BCUT2D eigenvalue weighted by atomic mass is 10.0. The molecule has 0 aliphatic carbocycles. The van der Waals surface area contributed by atoms with E-state index in [0.29, 0.717) is 110 Å². The molecule has 76 heavy (non-hydrogen) atoms. The highest BCUT2D eigenvalue weighted by atomic mass is 16.6. The average Bonchev–Trinajstić information content (AvgIpc) is 3.72. The number of aromatic hydroxyl groups is 1. The van der Waals surface area contributed by atoms with E-state index in [0.717, 1.165) is 83.9 Å². The molecule has 3 saturated heterocycles. The Labute approximate surface area is 442 Å². The summed E-state index contributed by atoms with van der Waals surface area (Å²) in [6.45, 7) is 16.1. The SMILES string of the molecule is C=CC(=O)N1CCN(c2nc(O[C@H](C)CN3CCC(OCCOCCOCCOCCOCCNc4cccc5c4C(=O)N(C4CCC(=O)NC4=O)C5=O)CC3)nc3c2CCN(c2cc(O)cc4ccccc24)C3)CC1. The van der Waals surface area contributed by atoms with Gasteiger partial charge < -0.3 is 53.5 Å². The number of likely N-dealkylation sites (tertiary alicyclic amines) is 1. The number of amides is 5. The first kappa shape index (κ1) is 54.1. The van der Waals surface area contributed by atoms with Crippen molar-refractivity contribution in [3.8, 4) is 11.8 Å². The average molecular weight is 1050 g/mol. The number of carbonyl (C=O) groups is 5. The molecular weight excluding hydrogens is 979 g/mol. The van der Waals surface area contributed by atoms with Gasteiger partial charge in [-0.2, -0.15) is 9.97 Å². The number of carbonyl (C=O) groups excluding carboxylic acids is 5. The molecule has 0 radical (unpaired) electrons. The van der Waals surface area contributed by atoms with Gasteiger partial charge in [-0.25, -0.2) is 0 Å². The van der Waals surface area contributed by atoms with Gasteiger partial charge in [0.25, 0.3) is 11.8 Å². The van der Waals surface area contributed by atoms with Crippen molar-refractivity contribution in [3.63, 3.8) is 0 Å². The zero-order chi connectivity index (χ0) is 53.0. The number of hydrogen-bond acceptors (Lipinski definition) is 18. The van der Waals surface area contributed by atoms with Crippen molar-refractivity contribution in [2.75, 3.05) is 133 Å². The van der Waals surface area contributed by atoms with Crippen LogP contribution in [0.1, 0.15) is 64.6 Å². The molecule has 21 heteroatoms. The molecule has 5 aliphatic heterocycles. The van der Waals surface area contributed by atoms with Crippen molar-refractivity contribution in [3.05, 3.63) is 89.6 Å². The molecule has 0 saturated carbocycles. The Hall–Kier alpha value is -6.75. The van der Waals surface area contributed by atoms with Gasteiger partial charge in [0.15, 0.2) is 0 Å². The molecule has 5 amide bonds. The van der Waals surface area contributed by atoms with E-state index in [2.05, 4.69) is 44.9 Å². The summed E-state index contributed by atoms with van der Waals surface area (Å²) in [5.41, 5.74) is 3.86. The van der Waals surface area contributed by atoms with Crippen molar-refractivity contribution in [2.24, 2.45) is 0 Å². The Morgan fingerprint density at radius 1 is 0.803 bits per heavy atom. The third-order valence-corrected chi connectivity index (χ3v) is 14.3. The van der Waals surface area contributed by atoms with Crippen molar-refractivity contribution in [2.45, 2.75) is 63.8 Å². The number of nitrogens with zero attached hydrogens (tertiary/aromatic N) is 7. The van der Waals surface area contributed by atoms with E-state index < -0.39 is 29.7 Å². The number of phenolic OH excluding ortho intramolecular Hbond substituents is 1. The zero-order valence-electron chi connectivity index (χ0n) is 43.3. The summed E-state index contributed by atoms with van der Waals surface area (Å²) in [5, 5.41) is 18.1. The maximum atomic E-state index is 13.3. The van der Waals surface area contributed by atoms with Crippen LogP contribution >= 0.6 is 0 Å². The summed E-state index contributed by atoms with van der Waals surface area (Å²) < 4.78 is 35.3. The van der Waals surface area contributed by atoms with Gasteiger partial charge in [0.2, 0.25) is 17.7 Å². The quantitative estimate of drug-likeness (QED) is 0.0490. The minimum absolute atomic E-state index is 0.0593. The normalized spacial score (nSPS) is 18.7. The van der Waals surface area contributed by atoms with Gasteiger partial charge in [-0.05, 0) is 62.3 Å². The Bertz CT molecular complexity index is 2730. The number of imide groups is 2. The molecule has 5 aliphatic rings. The first-order valence-electron chi connectivity index (χ1n) is 26.5. The second kappa shape index (κ2) is 25.9. The lowest BCUT2D eigenvalue weighted by Crippen LogP contribution is -2.54. The minimum atomic E-state index is -1.02. The minimum Gasteiger partial charge on any atom is -0.508 e. The third-order valence-electron chi connectivity index (χ3n) is 14.3. The number of piperidine rings is 2. The van der Waals surface area contributed by atoms with Crippen LogP contribution in [0.15, 0.2) is 67.3 Å². The Balaban J connectivity index is 0.623. The van der Waals surface area contributed by atoms with E-state index in [1.807, 2.05) is 29.2 Å². The first-order chi connectivity index (χ1) is 37.0. The Morgan fingerprint density at radius 2 is 1.51 bits per heavy atom. The molecule has 1 aromatic heterocycles. The van der Waals surface area contributed by atoms with Crippen LogP contribution in [0.5, 0.6) is 11.8 Å². The van der Waals surface area contributed by atoms with Gasteiger partial charge in [-0.3, -0.25) is 39.1 Å².